The zero-order chi connectivity index (χ0) is 11.0. The third kappa shape index (κ3) is 1.55. The number of hydrogen-bond acceptors (Lipinski definition) is 3. The van der Waals surface area contributed by atoms with Gasteiger partial charge < -0.3 is 9.80 Å². The van der Waals surface area contributed by atoms with Crippen LogP contribution >= 0.6 is 0 Å². The summed E-state index contributed by atoms with van der Waals surface area (Å²) in [5.74, 6) is 0. The van der Waals surface area contributed by atoms with Gasteiger partial charge in [-0.25, -0.2) is 0 Å². The highest BCUT2D eigenvalue weighted by molar-refractivity contribution is 5.91. The molecule has 0 atom stereocenters. The lowest BCUT2D eigenvalue weighted by Gasteiger charge is -2.34. The van der Waals surface area contributed by atoms with Crippen LogP contribution in [0.2, 0.25) is 0 Å². The summed E-state index contributed by atoms with van der Waals surface area (Å²) in [4.78, 5) is 4.81. The molecule has 16 heavy (non-hydrogen) atoms. The van der Waals surface area contributed by atoms with Gasteiger partial charge in [-0.05, 0) is 19.2 Å². The molecule has 1 fully saturated rings. The van der Waals surface area contributed by atoms with Gasteiger partial charge in [0.25, 0.3) is 0 Å². The van der Waals surface area contributed by atoms with Crippen LogP contribution < -0.4 is 4.90 Å². The second kappa shape index (κ2) is 3.79. The van der Waals surface area contributed by atoms with Gasteiger partial charge in [0, 0.05) is 37.3 Å². The lowest BCUT2D eigenvalue weighted by atomic mass is 10.2. The number of aromatic amines is 1. The minimum atomic E-state index is 1.10. The van der Waals surface area contributed by atoms with Gasteiger partial charge in [-0.15, -0.1) is 0 Å². The standard InChI is InChI=1S/C12H16N4/c1-15-5-7-16(8-6-15)12-4-2-3-11-10(12)9-13-14-11/h2-4,9H,5-8H2,1H3,(H,13,14). The first-order valence-electron chi connectivity index (χ1n) is 5.70. The highest BCUT2D eigenvalue weighted by Crippen LogP contribution is 2.25. The van der Waals surface area contributed by atoms with Crippen LogP contribution in [-0.4, -0.2) is 48.3 Å². The van der Waals surface area contributed by atoms with Crippen molar-refractivity contribution in [3.63, 3.8) is 0 Å². The molecular formula is C12H16N4. The van der Waals surface area contributed by atoms with E-state index in [0.717, 1.165) is 31.7 Å². The van der Waals surface area contributed by atoms with Gasteiger partial charge in [0.2, 0.25) is 0 Å². The van der Waals surface area contributed by atoms with E-state index in [-0.39, 0.29) is 0 Å². The van der Waals surface area contributed by atoms with Crippen LogP contribution in [0.15, 0.2) is 24.4 Å². The summed E-state index contributed by atoms with van der Waals surface area (Å²) in [6.07, 6.45) is 1.92. The number of benzene rings is 1. The minimum absolute atomic E-state index is 1.10. The van der Waals surface area contributed by atoms with E-state index in [0.29, 0.717) is 0 Å². The minimum Gasteiger partial charge on any atom is -0.368 e. The normalized spacial score (nSPS) is 18.2. The van der Waals surface area contributed by atoms with Crippen molar-refractivity contribution in [3.05, 3.63) is 24.4 Å². The number of rotatable bonds is 1. The van der Waals surface area contributed by atoms with Crippen molar-refractivity contribution in [2.24, 2.45) is 0 Å². The van der Waals surface area contributed by atoms with Gasteiger partial charge in [0.05, 0.1) is 11.7 Å². The molecule has 4 nitrogen and oxygen atoms in total. The SMILES string of the molecule is CN1CCN(c2cccc3[nH]ncc23)CC1. The van der Waals surface area contributed by atoms with Crippen molar-refractivity contribution in [1.82, 2.24) is 15.1 Å². The van der Waals surface area contributed by atoms with Gasteiger partial charge in [0.15, 0.2) is 0 Å². The molecule has 1 aromatic carbocycles. The summed E-state index contributed by atoms with van der Waals surface area (Å²) in [5.41, 5.74) is 2.43. The van der Waals surface area contributed by atoms with Crippen molar-refractivity contribution < 1.29 is 0 Å². The summed E-state index contributed by atoms with van der Waals surface area (Å²) in [6, 6.07) is 6.35. The lowest BCUT2D eigenvalue weighted by molar-refractivity contribution is 0.313. The van der Waals surface area contributed by atoms with Gasteiger partial charge in [-0.2, -0.15) is 5.10 Å². The first-order valence-corrected chi connectivity index (χ1v) is 5.70. The number of anilines is 1. The number of nitrogens with one attached hydrogen (secondary N) is 1. The van der Waals surface area contributed by atoms with Crippen LogP contribution in [0, 0.1) is 0 Å². The smallest absolute Gasteiger partial charge is 0.0671 e. The van der Waals surface area contributed by atoms with Gasteiger partial charge in [-0.3, -0.25) is 5.10 Å². The first kappa shape index (κ1) is 9.66. The average Bonchev–Trinajstić information content (AvgIpc) is 2.78. The Morgan fingerprint density at radius 1 is 1.19 bits per heavy atom. The molecule has 0 radical (unpaired) electrons. The molecule has 1 aliphatic heterocycles. The first-order chi connectivity index (χ1) is 7.84. The molecule has 2 heterocycles. The Hall–Kier alpha value is -1.55. The topological polar surface area (TPSA) is 35.2 Å². The van der Waals surface area contributed by atoms with Crippen molar-refractivity contribution in [2.75, 3.05) is 38.1 Å². The van der Waals surface area contributed by atoms with Crippen LogP contribution in [-0.2, 0) is 0 Å². The summed E-state index contributed by atoms with van der Waals surface area (Å²) in [7, 11) is 2.18. The number of nitrogens with zero attached hydrogens (tertiary/aromatic N) is 3. The molecule has 3 rings (SSSR count). The van der Waals surface area contributed by atoms with Crippen molar-refractivity contribution in [3.8, 4) is 0 Å². The fourth-order valence-corrected chi connectivity index (χ4v) is 2.28. The number of hydrogen-bond donors (Lipinski definition) is 1. The van der Waals surface area contributed by atoms with E-state index in [1.165, 1.54) is 11.1 Å². The molecule has 4 heteroatoms. The number of fused-ring (bicyclic) bond motifs is 1. The Bertz CT molecular complexity index is 482. The molecule has 2 aromatic rings. The Balaban J connectivity index is 1.96. The molecule has 0 aliphatic carbocycles. The van der Waals surface area contributed by atoms with Crippen molar-refractivity contribution in [2.45, 2.75) is 0 Å². The molecular weight excluding hydrogens is 200 g/mol. The maximum atomic E-state index is 4.11. The number of H-pyrrole nitrogens is 1. The summed E-state index contributed by atoms with van der Waals surface area (Å²) < 4.78 is 0. The van der Waals surface area contributed by atoms with Crippen LogP contribution in [0.5, 0.6) is 0 Å². The molecule has 1 saturated heterocycles. The van der Waals surface area contributed by atoms with Crippen molar-refractivity contribution >= 4 is 16.6 Å². The largest absolute Gasteiger partial charge is 0.368 e. The van der Waals surface area contributed by atoms with E-state index in [9.17, 15) is 0 Å². The van der Waals surface area contributed by atoms with Crippen LogP contribution in [0.1, 0.15) is 0 Å². The lowest BCUT2D eigenvalue weighted by Crippen LogP contribution is -2.44. The van der Waals surface area contributed by atoms with E-state index in [1.54, 1.807) is 0 Å². The van der Waals surface area contributed by atoms with Crippen LogP contribution in [0.25, 0.3) is 10.9 Å². The molecule has 0 amide bonds. The summed E-state index contributed by atoms with van der Waals surface area (Å²) in [5, 5.41) is 8.36. The fraction of sp³-hybridized carbons (Fsp3) is 0.417. The number of aromatic nitrogens is 2. The highest BCUT2D eigenvalue weighted by atomic mass is 15.2. The van der Waals surface area contributed by atoms with E-state index < -0.39 is 0 Å². The summed E-state index contributed by atoms with van der Waals surface area (Å²) >= 11 is 0. The number of piperazine rings is 1. The van der Waals surface area contributed by atoms with E-state index in [4.69, 9.17) is 0 Å². The zero-order valence-electron chi connectivity index (χ0n) is 9.48. The second-order valence-electron chi connectivity index (χ2n) is 4.40. The van der Waals surface area contributed by atoms with Gasteiger partial charge in [0.1, 0.15) is 0 Å². The maximum absolute atomic E-state index is 4.11. The quantitative estimate of drug-likeness (QED) is 0.780. The molecule has 0 spiro atoms. The molecule has 1 aliphatic rings. The zero-order valence-corrected chi connectivity index (χ0v) is 9.48. The molecule has 0 unspecified atom stereocenters. The third-order valence-electron chi connectivity index (χ3n) is 3.31. The maximum Gasteiger partial charge on any atom is 0.0671 e. The predicted octanol–water partition coefficient (Wildman–Crippen LogP) is 1.31. The summed E-state index contributed by atoms with van der Waals surface area (Å²) in [6.45, 7) is 4.46. The monoisotopic (exact) mass is 216 g/mol. The molecule has 84 valence electrons. The Labute approximate surface area is 94.8 Å². The van der Waals surface area contributed by atoms with Gasteiger partial charge in [-0.1, -0.05) is 6.07 Å². The Morgan fingerprint density at radius 3 is 2.81 bits per heavy atom. The molecule has 0 bridgehead atoms. The van der Waals surface area contributed by atoms with Crippen LogP contribution in [0.4, 0.5) is 5.69 Å². The predicted molar refractivity (Wildman–Crippen MR) is 65.8 cm³/mol. The molecule has 1 aromatic heterocycles. The van der Waals surface area contributed by atoms with E-state index in [1.807, 2.05) is 6.20 Å². The fourth-order valence-electron chi connectivity index (χ4n) is 2.28. The van der Waals surface area contributed by atoms with E-state index in [2.05, 4.69) is 45.2 Å². The average molecular weight is 216 g/mol. The third-order valence-corrected chi connectivity index (χ3v) is 3.31. The van der Waals surface area contributed by atoms with Gasteiger partial charge >= 0.3 is 0 Å². The number of likely N-dealkylation sites (N-methyl/N-ethyl adjacent to an activating group) is 1. The second-order valence-corrected chi connectivity index (χ2v) is 4.40. The Kier molecular flexibility index (Phi) is 2.29. The van der Waals surface area contributed by atoms with Crippen molar-refractivity contribution in [1.29, 1.82) is 0 Å². The highest BCUT2D eigenvalue weighted by Gasteiger charge is 2.16. The molecule has 1 N–H and O–H groups in total. The van der Waals surface area contributed by atoms with E-state index >= 15 is 0 Å². The molecule has 0 saturated carbocycles. The van der Waals surface area contributed by atoms with Crippen LogP contribution in [0.3, 0.4) is 0 Å². The Morgan fingerprint density at radius 2 is 2.00 bits per heavy atom.